The third kappa shape index (κ3) is 4.41. The van der Waals surface area contributed by atoms with Gasteiger partial charge in [-0.2, -0.15) is 0 Å². The van der Waals surface area contributed by atoms with E-state index in [4.69, 9.17) is 16.3 Å². The fourth-order valence-electron chi connectivity index (χ4n) is 1.95. The molecule has 1 atom stereocenters. The zero-order valence-electron chi connectivity index (χ0n) is 11.4. The Balaban J connectivity index is 1.97. The number of hydrogen-bond acceptors (Lipinski definition) is 2. The summed E-state index contributed by atoms with van der Waals surface area (Å²) in [5.41, 5.74) is 1.25. The van der Waals surface area contributed by atoms with Crippen molar-refractivity contribution in [2.24, 2.45) is 0 Å². The van der Waals surface area contributed by atoms with Crippen molar-refractivity contribution in [3.63, 3.8) is 0 Å². The lowest BCUT2D eigenvalue weighted by molar-refractivity contribution is 0.261. The fourth-order valence-corrected chi connectivity index (χ4v) is 2.10. The first kappa shape index (κ1) is 14.2. The molecular weight excluding hydrogens is 258 g/mol. The van der Waals surface area contributed by atoms with Crippen LogP contribution in [0.4, 0.5) is 0 Å². The number of hydrogen-bond donors (Lipinski definition) is 0. The summed E-state index contributed by atoms with van der Waals surface area (Å²) in [6.07, 6.45) is 8.02. The number of nitrogens with zero attached hydrogens (tertiary/aromatic N) is 1. The van der Waals surface area contributed by atoms with E-state index in [0.29, 0.717) is 17.6 Å². The van der Waals surface area contributed by atoms with Gasteiger partial charge in [-0.05, 0) is 44.3 Å². The summed E-state index contributed by atoms with van der Waals surface area (Å²) >= 11 is 5.89. The second kappa shape index (κ2) is 6.78. The molecule has 19 heavy (non-hydrogen) atoms. The third-order valence-corrected chi connectivity index (χ3v) is 3.33. The molecule has 0 aromatic heterocycles. The molecule has 1 aliphatic rings. The van der Waals surface area contributed by atoms with Crippen LogP contribution in [0.25, 0.3) is 0 Å². The summed E-state index contributed by atoms with van der Waals surface area (Å²) in [6, 6.07) is 8.26. The SMILES string of the molecule is CN(C)CCOc1cccc(C2C=[C]C(Cl)=CC2)c1. The van der Waals surface area contributed by atoms with Crippen molar-refractivity contribution < 1.29 is 4.74 Å². The van der Waals surface area contributed by atoms with Gasteiger partial charge in [0, 0.05) is 17.5 Å². The molecule has 0 amide bonds. The molecule has 1 aliphatic carbocycles. The predicted octanol–water partition coefficient (Wildman–Crippen LogP) is 3.60. The van der Waals surface area contributed by atoms with Gasteiger partial charge in [0.15, 0.2) is 0 Å². The van der Waals surface area contributed by atoms with Crippen LogP contribution in [0.3, 0.4) is 0 Å². The Morgan fingerprint density at radius 1 is 1.42 bits per heavy atom. The molecule has 0 spiro atoms. The number of halogens is 1. The minimum atomic E-state index is 0.347. The van der Waals surface area contributed by atoms with Gasteiger partial charge in [0.25, 0.3) is 0 Å². The van der Waals surface area contributed by atoms with Gasteiger partial charge >= 0.3 is 0 Å². The van der Waals surface area contributed by atoms with Crippen LogP contribution in [-0.2, 0) is 0 Å². The Bertz CT molecular complexity index is 479. The van der Waals surface area contributed by atoms with Gasteiger partial charge in [0.05, 0.1) is 0 Å². The van der Waals surface area contributed by atoms with Crippen molar-refractivity contribution in [3.05, 3.63) is 53.1 Å². The topological polar surface area (TPSA) is 12.5 Å². The summed E-state index contributed by atoms with van der Waals surface area (Å²) in [7, 11) is 4.08. The van der Waals surface area contributed by atoms with Crippen molar-refractivity contribution in [3.8, 4) is 5.75 Å². The van der Waals surface area contributed by atoms with Crippen LogP contribution in [-0.4, -0.2) is 32.1 Å². The highest BCUT2D eigenvalue weighted by atomic mass is 35.5. The molecule has 0 fully saturated rings. The van der Waals surface area contributed by atoms with E-state index in [2.05, 4.69) is 23.1 Å². The van der Waals surface area contributed by atoms with Gasteiger partial charge in [-0.1, -0.05) is 35.9 Å². The molecule has 101 valence electrons. The lowest BCUT2D eigenvalue weighted by Gasteiger charge is -2.16. The molecule has 2 rings (SSSR count). The summed E-state index contributed by atoms with van der Waals surface area (Å²) in [4.78, 5) is 2.11. The van der Waals surface area contributed by atoms with E-state index in [-0.39, 0.29) is 0 Å². The zero-order chi connectivity index (χ0) is 13.7. The van der Waals surface area contributed by atoms with Gasteiger partial charge in [-0.25, -0.2) is 0 Å². The van der Waals surface area contributed by atoms with Crippen molar-refractivity contribution in [1.29, 1.82) is 0 Å². The number of likely N-dealkylation sites (N-methyl/N-ethyl adjacent to an activating group) is 1. The molecule has 1 unspecified atom stereocenters. The fraction of sp³-hybridized carbons (Fsp3) is 0.375. The molecule has 3 heteroatoms. The molecule has 0 saturated heterocycles. The van der Waals surface area contributed by atoms with E-state index in [9.17, 15) is 0 Å². The molecule has 2 nitrogen and oxygen atoms in total. The monoisotopic (exact) mass is 276 g/mol. The molecule has 0 heterocycles. The van der Waals surface area contributed by atoms with Gasteiger partial charge in [0.1, 0.15) is 12.4 Å². The zero-order valence-corrected chi connectivity index (χ0v) is 12.2. The maximum atomic E-state index is 5.89. The molecule has 0 aliphatic heterocycles. The molecule has 1 radical (unpaired) electrons. The Kier molecular flexibility index (Phi) is 5.06. The van der Waals surface area contributed by atoms with Crippen LogP contribution >= 0.6 is 11.6 Å². The molecule has 0 bridgehead atoms. The third-order valence-electron chi connectivity index (χ3n) is 3.07. The van der Waals surface area contributed by atoms with E-state index in [1.165, 1.54) is 5.56 Å². The highest BCUT2D eigenvalue weighted by Crippen LogP contribution is 2.29. The Morgan fingerprint density at radius 2 is 2.26 bits per heavy atom. The van der Waals surface area contributed by atoms with E-state index in [1.807, 2.05) is 38.4 Å². The quantitative estimate of drug-likeness (QED) is 0.815. The summed E-state index contributed by atoms with van der Waals surface area (Å²) < 4.78 is 5.75. The molecule has 1 aromatic rings. The summed E-state index contributed by atoms with van der Waals surface area (Å²) in [5.74, 6) is 1.27. The molecule has 0 saturated carbocycles. The Hall–Kier alpha value is -1.25. The number of allylic oxidation sites excluding steroid dienone is 4. The molecule has 0 N–H and O–H groups in total. The van der Waals surface area contributed by atoms with Crippen LogP contribution in [0.2, 0.25) is 0 Å². The smallest absolute Gasteiger partial charge is 0.119 e. The molecule has 1 aromatic carbocycles. The highest BCUT2D eigenvalue weighted by Gasteiger charge is 2.11. The largest absolute Gasteiger partial charge is 0.492 e. The van der Waals surface area contributed by atoms with Gasteiger partial charge < -0.3 is 9.64 Å². The second-order valence-electron chi connectivity index (χ2n) is 4.93. The van der Waals surface area contributed by atoms with Gasteiger partial charge in [-0.3, -0.25) is 0 Å². The van der Waals surface area contributed by atoms with Crippen LogP contribution in [0.5, 0.6) is 5.75 Å². The lowest BCUT2D eigenvalue weighted by Crippen LogP contribution is -2.19. The minimum absolute atomic E-state index is 0.347. The Morgan fingerprint density at radius 3 is 2.95 bits per heavy atom. The summed E-state index contributed by atoms with van der Waals surface area (Å²) in [6.45, 7) is 1.62. The normalized spacial score (nSPS) is 18.5. The van der Waals surface area contributed by atoms with E-state index in [0.717, 1.165) is 18.7 Å². The van der Waals surface area contributed by atoms with Gasteiger partial charge in [-0.15, -0.1) is 0 Å². The Labute approximate surface area is 120 Å². The van der Waals surface area contributed by atoms with E-state index < -0.39 is 0 Å². The van der Waals surface area contributed by atoms with Gasteiger partial charge in [0.2, 0.25) is 0 Å². The van der Waals surface area contributed by atoms with Crippen molar-refractivity contribution in [2.75, 3.05) is 27.2 Å². The van der Waals surface area contributed by atoms with Crippen LogP contribution in [0, 0.1) is 6.08 Å². The second-order valence-corrected chi connectivity index (χ2v) is 5.34. The van der Waals surface area contributed by atoms with E-state index in [1.54, 1.807) is 0 Å². The predicted molar refractivity (Wildman–Crippen MR) is 79.6 cm³/mol. The number of ether oxygens (including phenoxy) is 1. The lowest BCUT2D eigenvalue weighted by atomic mass is 9.92. The maximum Gasteiger partial charge on any atom is 0.119 e. The number of benzene rings is 1. The van der Waals surface area contributed by atoms with E-state index >= 15 is 0 Å². The average Bonchev–Trinajstić information content (AvgIpc) is 2.39. The first-order valence-corrected chi connectivity index (χ1v) is 6.86. The van der Waals surface area contributed by atoms with Crippen LogP contribution in [0.15, 0.2) is 41.4 Å². The minimum Gasteiger partial charge on any atom is -0.492 e. The van der Waals surface area contributed by atoms with Crippen molar-refractivity contribution >= 4 is 11.6 Å². The van der Waals surface area contributed by atoms with Crippen molar-refractivity contribution in [2.45, 2.75) is 12.3 Å². The van der Waals surface area contributed by atoms with Crippen molar-refractivity contribution in [1.82, 2.24) is 4.90 Å². The van der Waals surface area contributed by atoms with Crippen LogP contribution < -0.4 is 4.74 Å². The first-order valence-electron chi connectivity index (χ1n) is 6.48. The average molecular weight is 277 g/mol. The van der Waals surface area contributed by atoms with Crippen LogP contribution in [0.1, 0.15) is 17.9 Å². The summed E-state index contributed by atoms with van der Waals surface area (Å²) in [5, 5.41) is 0.703. The first-order chi connectivity index (χ1) is 9.15. The molecular formula is C16H19ClNO. The standard InChI is InChI=1S/C16H19ClNO/c1-18(2)10-11-19-16-5-3-4-14(12-16)13-6-8-15(17)9-7-13/h3-6,9,12-13H,7,10-11H2,1-2H3. The highest BCUT2D eigenvalue weighted by molar-refractivity contribution is 6.30. The number of rotatable bonds is 5. The maximum absolute atomic E-state index is 5.89.